The van der Waals surface area contributed by atoms with Crippen LogP contribution in [0.5, 0.6) is 0 Å². The van der Waals surface area contributed by atoms with Gasteiger partial charge in [-0.3, -0.25) is 9.69 Å². The summed E-state index contributed by atoms with van der Waals surface area (Å²) < 4.78 is 5.90. The Morgan fingerprint density at radius 3 is 2.73 bits per heavy atom. The van der Waals surface area contributed by atoms with Crippen molar-refractivity contribution in [1.82, 2.24) is 4.98 Å². The van der Waals surface area contributed by atoms with Gasteiger partial charge in [0.05, 0.1) is 5.75 Å². The number of hydrogen-bond donors (Lipinski definition) is 0. The Hall–Kier alpha value is -2.57. The zero-order valence-electron chi connectivity index (χ0n) is 13.7. The highest BCUT2D eigenvalue weighted by atomic mass is 32.2. The van der Waals surface area contributed by atoms with Gasteiger partial charge in [-0.1, -0.05) is 48.5 Å². The molecule has 26 heavy (non-hydrogen) atoms. The number of anilines is 1. The molecule has 1 aliphatic heterocycles. The SMILES string of the molecule is O=C1CSC(c2ccccc2)N1c1nc(-c2cc3ccccc3o2)cs1. The molecule has 0 N–H and O–H groups in total. The van der Waals surface area contributed by atoms with Crippen molar-refractivity contribution < 1.29 is 9.21 Å². The number of carbonyl (C=O) groups is 1. The molecular weight excluding hydrogens is 364 g/mol. The Morgan fingerprint density at radius 2 is 1.88 bits per heavy atom. The molecule has 0 spiro atoms. The van der Waals surface area contributed by atoms with Crippen molar-refractivity contribution >= 4 is 45.1 Å². The molecule has 1 amide bonds. The number of fused-ring (bicyclic) bond motifs is 1. The van der Waals surface area contributed by atoms with Gasteiger partial charge in [-0.05, 0) is 17.7 Å². The second-order valence-electron chi connectivity index (χ2n) is 6.00. The number of amides is 1. The first-order valence-electron chi connectivity index (χ1n) is 8.23. The first kappa shape index (κ1) is 15.7. The van der Waals surface area contributed by atoms with E-state index in [0.717, 1.165) is 28.0 Å². The lowest BCUT2D eigenvalue weighted by molar-refractivity contribution is -0.115. The van der Waals surface area contributed by atoms with Crippen molar-refractivity contribution in [3.05, 3.63) is 71.6 Å². The summed E-state index contributed by atoms with van der Waals surface area (Å²) in [6.07, 6.45) is 0. The standard InChI is InChI=1S/C20H14N2O2S2/c23-18-12-25-19(13-6-2-1-3-7-13)22(18)20-21-15(11-26-20)17-10-14-8-4-5-9-16(14)24-17/h1-11,19H,12H2. The van der Waals surface area contributed by atoms with Crippen LogP contribution in [0.3, 0.4) is 0 Å². The minimum Gasteiger partial charge on any atom is -0.454 e. The summed E-state index contributed by atoms with van der Waals surface area (Å²) in [5, 5.41) is 3.68. The van der Waals surface area contributed by atoms with E-state index in [1.54, 1.807) is 16.7 Å². The fourth-order valence-corrected chi connectivity index (χ4v) is 5.17. The summed E-state index contributed by atoms with van der Waals surface area (Å²) in [5.41, 5.74) is 2.72. The van der Waals surface area contributed by atoms with Gasteiger partial charge in [-0.2, -0.15) is 0 Å². The average Bonchev–Trinajstić information content (AvgIpc) is 3.39. The van der Waals surface area contributed by atoms with Crippen LogP contribution in [0, 0.1) is 0 Å². The van der Waals surface area contributed by atoms with E-state index in [1.165, 1.54) is 11.3 Å². The zero-order chi connectivity index (χ0) is 17.5. The van der Waals surface area contributed by atoms with Crippen molar-refractivity contribution in [2.45, 2.75) is 5.37 Å². The van der Waals surface area contributed by atoms with Gasteiger partial charge in [-0.15, -0.1) is 23.1 Å². The molecule has 3 heterocycles. The number of furan rings is 1. The summed E-state index contributed by atoms with van der Waals surface area (Å²) in [5.74, 6) is 1.29. The lowest BCUT2D eigenvalue weighted by Gasteiger charge is -2.21. The topological polar surface area (TPSA) is 46.3 Å². The minimum absolute atomic E-state index is 0.0293. The Labute approximate surface area is 158 Å². The molecule has 1 atom stereocenters. The molecule has 5 rings (SSSR count). The fraction of sp³-hybridized carbons (Fsp3) is 0.100. The van der Waals surface area contributed by atoms with E-state index < -0.39 is 0 Å². The maximum atomic E-state index is 12.5. The molecule has 2 aromatic heterocycles. The summed E-state index contributed by atoms with van der Waals surface area (Å²) >= 11 is 3.11. The van der Waals surface area contributed by atoms with Crippen LogP contribution in [0.25, 0.3) is 22.4 Å². The number of aromatic nitrogens is 1. The second-order valence-corrected chi connectivity index (χ2v) is 7.91. The van der Waals surface area contributed by atoms with E-state index in [2.05, 4.69) is 12.1 Å². The van der Waals surface area contributed by atoms with Crippen molar-refractivity contribution in [3.8, 4) is 11.5 Å². The lowest BCUT2D eigenvalue weighted by Crippen LogP contribution is -2.27. The third-order valence-electron chi connectivity index (χ3n) is 4.33. The van der Waals surface area contributed by atoms with Gasteiger partial charge in [0.1, 0.15) is 16.7 Å². The van der Waals surface area contributed by atoms with Crippen LogP contribution >= 0.6 is 23.1 Å². The number of carbonyl (C=O) groups excluding carboxylic acids is 1. The Balaban J connectivity index is 1.51. The van der Waals surface area contributed by atoms with Gasteiger partial charge in [0.25, 0.3) is 0 Å². The molecule has 2 aromatic carbocycles. The molecule has 4 aromatic rings. The predicted molar refractivity (Wildman–Crippen MR) is 106 cm³/mol. The van der Waals surface area contributed by atoms with Gasteiger partial charge < -0.3 is 4.42 Å². The smallest absolute Gasteiger partial charge is 0.240 e. The monoisotopic (exact) mass is 378 g/mol. The average molecular weight is 378 g/mol. The van der Waals surface area contributed by atoms with Gasteiger partial charge in [0.2, 0.25) is 5.91 Å². The number of thioether (sulfide) groups is 1. The molecule has 0 saturated carbocycles. The third kappa shape index (κ3) is 2.62. The molecule has 1 fully saturated rings. The molecule has 0 aliphatic carbocycles. The first-order valence-corrected chi connectivity index (χ1v) is 10.2. The highest BCUT2D eigenvalue weighted by molar-refractivity contribution is 8.00. The molecule has 1 saturated heterocycles. The van der Waals surface area contributed by atoms with Gasteiger partial charge in [-0.25, -0.2) is 4.98 Å². The van der Waals surface area contributed by atoms with Gasteiger partial charge in [0.15, 0.2) is 10.9 Å². The summed E-state index contributed by atoms with van der Waals surface area (Å²) in [7, 11) is 0. The van der Waals surface area contributed by atoms with E-state index in [-0.39, 0.29) is 11.3 Å². The number of benzene rings is 2. The molecule has 0 radical (unpaired) electrons. The highest BCUT2D eigenvalue weighted by Gasteiger charge is 2.35. The van der Waals surface area contributed by atoms with E-state index in [4.69, 9.17) is 9.40 Å². The van der Waals surface area contributed by atoms with Crippen LogP contribution < -0.4 is 4.90 Å². The van der Waals surface area contributed by atoms with Crippen molar-refractivity contribution in [3.63, 3.8) is 0 Å². The molecule has 1 aliphatic rings. The molecule has 6 heteroatoms. The number of nitrogens with zero attached hydrogens (tertiary/aromatic N) is 2. The van der Waals surface area contributed by atoms with Crippen LogP contribution in [-0.4, -0.2) is 16.6 Å². The summed E-state index contributed by atoms with van der Waals surface area (Å²) in [6.45, 7) is 0. The molecule has 1 unspecified atom stereocenters. The third-order valence-corrected chi connectivity index (χ3v) is 6.38. The number of hydrogen-bond acceptors (Lipinski definition) is 5. The van der Waals surface area contributed by atoms with Crippen LogP contribution in [-0.2, 0) is 4.79 Å². The molecule has 0 bridgehead atoms. The summed E-state index contributed by atoms with van der Waals surface area (Å²) in [4.78, 5) is 19.0. The number of rotatable bonds is 3. The van der Waals surface area contributed by atoms with E-state index >= 15 is 0 Å². The maximum Gasteiger partial charge on any atom is 0.240 e. The van der Waals surface area contributed by atoms with Crippen LogP contribution in [0.15, 0.2) is 70.5 Å². The number of para-hydroxylation sites is 1. The largest absolute Gasteiger partial charge is 0.454 e. The van der Waals surface area contributed by atoms with Gasteiger partial charge in [0, 0.05) is 10.8 Å². The van der Waals surface area contributed by atoms with Crippen LogP contribution in [0.4, 0.5) is 5.13 Å². The zero-order valence-corrected chi connectivity index (χ0v) is 15.3. The molecular formula is C20H14N2O2S2. The first-order chi connectivity index (χ1) is 12.8. The van der Waals surface area contributed by atoms with E-state index in [0.29, 0.717) is 10.9 Å². The Kier molecular flexibility index (Phi) is 3.80. The van der Waals surface area contributed by atoms with Crippen molar-refractivity contribution in [2.24, 2.45) is 0 Å². The Bertz CT molecular complexity index is 1050. The normalized spacial score (nSPS) is 17.3. The van der Waals surface area contributed by atoms with Crippen molar-refractivity contribution in [2.75, 3.05) is 10.7 Å². The molecule has 4 nitrogen and oxygen atoms in total. The minimum atomic E-state index is -0.0293. The lowest BCUT2D eigenvalue weighted by atomic mass is 10.2. The number of thiazole rings is 1. The predicted octanol–water partition coefficient (Wildman–Crippen LogP) is 5.33. The molecule has 128 valence electrons. The van der Waals surface area contributed by atoms with Crippen LogP contribution in [0.2, 0.25) is 0 Å². The highest BCUT2D eigenvalue weighted by Crippen LogP contribution is 2.43. The second kappa shape index (κ2) is 6.30. The van der Waals surface area contributed by atoms with Crippen LogP contribution in [0.1, 0.15) is 10.9 Å². The fourth-order valence-electron chi connectivity index (χ4n) is 3.09. The Morgan fingerprint density at radius 1 is 1.08 bits per heavy atom. The van der Waals surface area contributed by atoms with Crippen molar-refractivity contribution in [1.29, 1.82) is 0 Å². The van der Waals surface area contributed by atoms with E-state index in [1.807, 2.05) is 53.9 Å². The van der Waals surface area contributed by atoms with Gasteiger partial charge >= 0.3 is 0 Å². The van der Waals surface area contributed by atoms with E-state index in [9.17, 15) is 4.79 Å². The quantitative estimate of drug-likeness (QED) is 0.483. The summed E-state index contributed by atoms with van der Waals surface area (Å²) in [6, 6.07) is 20.0. The maximum absolute atomic E-state index is 12.5.